The van der Waals surface area contributed by atoms with E-state index in [0.717, 1.165) is 12.8 Å². The Balaban J connectivity index is 1.78. The Morgan fingerprint density at radius 1 is 1.35 bits per heavy atom. The monoisotopic (exact) mass is 326 g/mol. The molecule has 0 N–H and O–H groups in total. The summed E-state index contributed by atoms with van der Waals surface area (Å²) in [7, 11) is 0. The van der Waals surface area contributed by atoms with Crippen LogP contribution >= 0.6 is 11.3 Å². The van der Waals surface area contributed by atoms with Crippen LogP contribution < -0.4 is 0 Å². The molecule has 23 heavy (non-hydrogen) atoms. The quantitative estimate of drug-likeness (QED) is 0.848. The van der Waals surface area contributed by atoms with E-state index in [1.165, 1.54) is 16.9 Å². The first kappa shape index (κ1) is 15.7. The molecule has 0 saturated carbocycles. The van der Waals surface area contributed by atoms with E-state index in [1.807, 2.05) is 23.1 Å². The number of rotatable bonds is 5. The lowest BCUT2D eigenvalue weighted by atomic mass is 10.1. The van der Waals surface area contributed by atoms with E-state index in [4.69, 9.17) is 4.74 Å². The topological polar surface area (TPSA) is 53.3 Å². The summed E-state index contributed by atoms with van der Waals surface area (Å²) in [6, 6.07) is 14.1. The molecule has 0 bridgehead atoms. The number of nitrogens with zero attached hydrogens (tertiary/aromatic N) is 2. The average molecular weight is 326 g/mol. The third-order valence-electron chi connectivity index (χ3n) is 4.07. The lowest BCUT2D eigenvalue weighted by molar-refractivity contribution is 0.0661. The van der Waals surface area contributed by atoms with Gasteiger partial charge < -0.3 is 9.64 Å². The van der Waals surface area contributed by atoms with Crippen molar-refractivity contribution < 1.29 is 9.53 Å². The number of nitriles is 1. The van der Waals surface area contributed by atoms with Gasteiger partial charge in [-0.3, -0.25) is 4.79 Å². The third kappa shape index (κ3) is 3.61. The highest BCUT2D eigenvalue weighted by atomic mass is 32.1. The fraction of sp³-hybridized carbons (Fsp3) is 0.333. The van der Waals surface area contributed by atoms with Gasteiger partial charge in [-0.25, -0.2) is 0 Å². The molecule has 0 unspecified atom stereocenters. The zero-order chi connectivity index (χ0) is 16.1. The summed E-state index contributed by atoms with van der Waals surface area (Å²) in [5, 5.41) is 11.0. The highest BCUT2D eigenvalue weighted by molar-refractivity contribution is 7.12. The van der Waals surface area contributed by atoms with Crippen molar-refractivity contribution in [3.05, 3.63) is 57.8 Å². The molecule has 1 saturated heterocycles. The summed E-state index contributed by atoms with van der Waals surface area (Å²) >= 11 is 1.34. The summed E-state index contributed by atoms with van der Waals surface area (Å²) in [5.74, 6) is -0.0528. The first-order valence-electron chi connectivity index (χ1n) is 7.70. The Bertz CT molecular complexity index is 699. The van der Waals surface area contributed by atoms with Crippen molar-refractivity contribution in [3.63, 3.8) is 0 Å². The number of hydrogen-bond acceptors (Lipinski definition) is 4. The highest BCUT2D eigenvalue weighted by Crippen LogP contribution is 2.22. The highest BCUT2D eigenvalue weighted by Gasteiger charge is 2.29. The van der Waals surface area contributed by atoms with Crippen LogP contribution in [0.5, 0.6) is 0 Å². The summed E-state index contributed by atoms with van der Waals surface area (Å²) in [6.45, 7) is 1.91. The van der Waals surface area contributed by atoms with E-state index in [0.29, 0.717) is 30.2 Å². The van der Waals surface area contributed by atoms with Gasteiger partial charge in [0.2, 0.25) is 0 Å². The van der Waals surface area contributed by atoms with Gasteiger partial charge in [-0.15, -0.1) is 11.3 Å². The van der Waals surface area contributed by atoms with E-state index in [-0.39, 0.29) is 11.9 Å². The zero-order valence-electron chi connectivity index (χ0n) is 12.8. The van der Waals surface area contributed by atoms with Gasteiger partial charge in [0.1, 0.15) is 10.9 Å². The van der Waals surface area contributed by atoms with Gasteiger partial charge in [-0.05, 0) is 29.9 Å². The second-order valence-corrected chi connectivity index (χ2v) is 6.44. The SMILES string of the molecule is N#Cc1ccsc1C(=O)N(CCc1ccccc1)[C@@H]1CCOC1. The maximum atomic E-state index is 12.9. The summed E-state index contributed by atoms with van der Waals surface area (Å²) < 4.78 is 5.46. The predicted octanol–water partition coefficient (Wildman–Crippen LogP) is 3.09. The van der Waals surface area contributed by atoms with Crippen LogP contribution in [-0.4, -0.2) is 36.6 Å². The van der Waals surface area contributed by atoms with Gasteiger partial charge >= 0.3 is 0 Å². The summed E-state index contributed by atoms with van der Waals surface area (Å²) in [5.41, 5.74) is 1.67. The predicted molar refractivity (Wildman–Crippen MR) is 89.4 cm³/mol. The number of thiophene rings is 1. The Kier molecular flexibility index (Phi) is 5.06. The first-order chi connectivity index (χ1) is 11.3. The molecular formula is C18H18N2O2S. The smallest absolute Gasteiger partial charge is 0.265 e. The first-order valence-corrected chi connectivity index (χ1v) is 8.58. The van der Waals surface area contributed by atoms with Crippen molar-refractivity contribution in [1.29, 1.82) is 5.26 Å². The van der Waals surface area contributed by atoms with Crippen LogP contribution in [0, 0.1) is 11.3 Å². The number of carbonyl (C=O) groups excluding carboxylic acids is 1. The van der Waals surface area contributed by atoms with Crippen LogP contribution in [-0.2, 0) is 11.2 Å². The van der Waals surface area contributed by atoms with Crippen molar-refractivity contribution in [3.8, 4) is 6.07 Å². The molecule has 2 heterocycles. The molecule has 4 nitrogen and oxygen atoms in total. The maximum Gasteiger partial charge on any atom is 0.265 e. The molecule has 118 valence electrons. The maximum absolute atomic E-state index is 12.9. The van der Waals surface area contributed by atoms with E-state index < -0.39 is 0 Å². The fourth-order valence-corrected chi connectivity index (χ4v) is 3.60. The molecule has 1 amide bonds. The van der Waals surface area contributed by atoms with Gasteiger partial charge in [0.05, 0.1) is 18.2 Å². The fourth-order valence-electron chi connectivity index (χ4n) is 2.81. The average Bonchev–Trinajstić information content (AvgIpc) is 3.27. The number of benzene rings is 1. The molecule has 3 rings (SSSR count). The molecule has 0 radical (unpaired) electrons. The van der Waals surface area contributed by atoms with Crippen molar-refractivity contribution in [2.45, 2.75) is 18.9 Å². The Morgan fingerprint density at radius 3 is 2.87 bits per heavy atom. The number of amides is 1. The number of ether oxygens (including phenoxy) is 1. The second-order valence-electron chi connectivity index (χ2n) is 5.53. The van der Waals surface area contributed by atoms with Crippen LogP contribution in [0.2, 0.25) is 0 Å². The van der Waals surface area contributed by atoms with Crippen LogP contribution in [0.15, 0.2) is 41.8 Å². The molecule has 1 aromatic carbocycles. The molecule has 2 aromatic rings. The van der Waals surface area contributed by atoms with Crippen LogP contribution in [0.4, 0.5) is 0 Å². The van der Waals surface area contributed by atoms with Crippen molar-refractivity contribution in [2.75, 3.05) is 19.8 Å². The molecule has 1 atom stereocenters. The van der Waals surface area contributed by atoms with E-state index in [2.05, 4.69) is 18.2 Å². The van der Waals surface area contributed by atoms with E-state index >= 15 is 0 Å². The van der Waals surface area contributed by atoms with E-state index in [9.17, 15) is 10.1 Å². The molecular weight excluding hydrogens is 308 g/mol. The van der Waals surface area contributed by atoms with E-state index in [1.54, 1.807) is 11.4 Å². The van der Waals surface area contributed by atoms with Crippen LogP contribution in [0.1, 0.15) is 27.2 Å². The molecule has 5 heteroatoms. The Morgan fingerprint density at radius 2 is 2.17 bits per heavy atom. The summed E-state index contributed by atoms with van der Waals surface area (Å²) in [4.78, 5) is 15.3. The van der Waals surface area contributed by atoms with Gasteiger partial charge in [-0.2, -0.15) is 5.26 Å². The van der Waals surface area contributed by atoms with Crippen molar-refractivity contribution >= 4 is 17.2 Å². The molecule has 1 aliphatic heterocycles. The minimum atomic E-state index is -0.0528. The summed E-state index contributed by atoms with van der Waals surface area (Å²) in [6.07, 6.45) is 1.66. The van der Waals surface area contributed by atoms with Gasteiger partial charge in [0.25, 0.3) is 5.91 Å². The van der Waals surface area contributed by atoms with Gasteiger partial charge in [-0.1, -0.05) is 30.3 Å². The Hall–Kier alpha value is -2.16. The van der Waals surface area contributed by atoms with Crippen molar-refractivity contribution in [2.24, 2.45) is 0 Å². The zero-order valence-corrected chi connectivity index (χ0v) is 13.6. The molecule has 1 aromatic heterocycles. The lowest BCUT2D eigenvalue weighted by Gasteiger charge is -2.28. The molecule has 1 aliphatic rings. The standard InChI is InChI=1S/C18H18N2O2S/c19-12-15-8-11-23-17(15)18(21)20(16-7-10-22-13-16)9-6-14-4-2-1-3-5-14/h1-5,8,11,16H,6-7,9-10,13H2/t16-/m1/s1. The van der Waals surface area contributed by atoms with Gasteiger partial charge in [0, 0.05) is 13.2 Å². The van der Waals surface area contributed by atoms with Crippen LogP contribution in [0.25, 0.3) is 0 Å². The molecule has 0 spiro atoms. The second kappa shape index (κ2) is 7.40. The third-order valence-corrected chi connectivity index (χ3v) is 4.97. The Labute approximate surface area is 139 Å². The lowest BCUT2D eigenvalue weighted by Crippen LogP contribution is -2.42. The number of carbonyl (C=O) groups is 1. The van der Waals surface area contributed by atoms with Crippen LogP contribution in [0.3, 0.4) is 0 Å². The van der Waals surface area contributed by atoms with Crippen molar-refractivity contribution in [1.82, 2.24) is 4.90 Å². The molecule has 0 aliphatic carbocycles. The molecule has 1 fully saturated rings. The largest absolute Gasteiger partial charge is 0.379 e. The normalized spacial score (nSPS) is 16.9. The van der Waals surface area contributed by atoms with Gasteiger partial charge in [0.15, 0.2) is 0 Å². The minimum absolute atomic E-state index is 0.0528. The minimum Gasteiger partial charge on any atom is -0.379 e. The number of hydrogen-bond donors (Lipinski definition) is 0.